The molecule has 2 heteroatoms. The number of aliphatic hydroxyl groups excluding tert-OH is 1. The number of hydrogen-bond donors (Lipinski definition) is 1. The molecule has 0 spiro atoms. The lowest BCUT2D eigenvalue weighted by Crippen LogP contribution is -2.37. The first-order valence-corrected chi connectivity index (χ1v) is 8.54. The highest BCUT2D eigenvalue weighted by Crippen LogP contribution is 2.65. The fraction of sp³-hybridized carbons (Fsp3) is 0.737. The van der Waals surface area contributed by atoms with Crippen molar-refractivity contribution in [3.63, 3.8) is 0 Å². The van der Waals surface area contributed by atoms with Gasteiger partial charge >= 0.3 is 0 Å². The summed E-state index contributed by atoms with van der Waals surface area (Å²) in [7, 11) is 0. The maximum absolute atomic E-state index is 12.2. The van der Waals surface area contributed by atoms with E-state index in [0.717, 1.165) is 25.7 Å². The second-order valence-electron chi connectivity index (χ2n) is 7.73. The van der Waals surface area contributed by atoms with Gasteiger partial charge in [0.25, 0.3) is 0 Å². The van der Waals surface area contributed by atoms with Crippen LogP contribution in [0.3, 0.4) is 0 Å². The lowest BCUT2D eigenvalue weighted by molar-refractivity contribution is -0.128. The van der Waals surface area contributed by atoms with Crippen molar-refractivity contribution < 1.29 is 9.90 Å². The summed E-state index contributed by atoms with van der Waals surface area (Å²) in [6.45, 7) is 4.67. The van der Waals surface area contributed by atoms with Gasteiger partial charge in [0.2, 0.25) is 0 Å². The zero-order valence-corrected chi connectivity index (χ0v) is 13.4. The predicted octanol–water partition coefficient (Wildman–Crippen LogP) is 4.05. The summed E-state index contributed by atoms with van der Waals surface area (Å²) in [6.07, 6.45) is 14.5. The minimum atomic E-state index is 0.124. The van der Waals surface area contributed by atoms with Gasteiger partial charge in [-0.1, -0.05) is 37.6 Å². The fourth-order valence-corrected chi connectivity index (χ4v) is 4.55. The minimum Gasteiger partial charge on any atom is -0.396 e. The van der Waals surface area contributed by atoms with E-state index in [1.54, 1.807) is 5.57 Å². The maximum Gasteiger partial charge on any atom is 0.137 e. The van der Waals surface area contributed by atoms with E-state index in [9.17, 15) is 4.79 Å². The molecule has 0 heterocycles. The highest BCUT2D eigenvalue weighted by Gasteiger charge is 2.56. The second-order valence-corrected chi connectivity index (χ2v) is 7.73. The van der Waals surface area contributed by atoms with Crippen LogP contribution in [-0.2, 0) is 4.79 Å². The molecule has 21 heavy (non-hydrogen) atoms. The van der Waals surface area contributed by atoms with Crippen LogP contribution in [0.1, 0.15) is 58.8 Å². The van der Waals surface area contributed by atoms with Crippen LogP contribution in [0, 0.1) is 22.7 Å². The Kier molecular flexibility index (Phi) is 3.85. The van der Waals surface area contributed by atoms with Gasteiger partial charge in [-0.25, -0.2) is 0 Å². The predicted molar refractivity (Wildman–Crippen MR) is 84.8 cm³/mol. The average Bonchev–Trinajstić information content (AvgIpc) is 3.13. The molecule has 0 amide bonds. The first kappa shape index (κ1) is 15.0. The van der Waals surface area contributed by atoms with E-state index in [2.05, 4.69) is 32.1 Å². The highest BCUT2D eigenvalue weighted by molar-refractivity contribution is 5.84. The number of allylic oxidation sites excluding steroid dienone is 4. The van der Waals surface area contributed by atoms with Crippen molar-refractivity contribution in [2.24, 2.45) is 22.7 Å². The molecule has 116 valence electrons. The molecule has 0 aromatic carbocycles. The quantitative estimate of drug-likeness (QED) is 0.775. The van der Waals surface area contributed by atoms with Crippen LogP contribution in [-0.4, -0.2) is 17.5 Å². The summed E-state index contributed by atoms with van der Waals surface area (Å²) in [6, 6.07) is 0. The zero-order chi connectivity index (χ0) is 15.1. The van der Waals surface area contributed by atoms with Crippen molar-refractivity contribution in [3.8, 4) is 0 Å². The van der Waals surface area contributed by atoms with Crippen LogP contribution in [0.15, 0.2) is 23.8 Å². The Hall–Kier alpha value is -0.890. The fourth-order valence-electron chi connectivity index (χ4n) is 4.55. The first-order chi connectivity index (χ1) is 10.0. The third-order valence-corrected chi connectivity index (χ3v) is 6.06. The van der Waals surface area contributed by atoms with Crippen molar-refractivity contribution in [2.45, 2.75) is 58.8 Å². The molecule has 0 aliphatic heterocycles. The Balaban J connectivity index is 1.76. The number of aliphatic hydroxyl groups is 1. The lowest BCUT2D eigenvalue weighted by atomic mass is 9.63. The van der Waals surface area contributed by atoms with E-state index in [1.165, 1.54) is 19.3 Å². The summed E-state index contributed by atoms with van der Waals surface area (Å²) < 4.78 is 0. The standard InChI is InChI=1S/C19H28O2/c1-14(13-20)5-3-10-19(11-12-19)17-8-7-15-16(21)6-4-9-18(15,17)2/h3,8,10,14-15,20H,4-7,9,11-13H2,1-2H3/t14?,15-,18+/m0/s1. The number of fused-ring (bicyclic) bond motifs is 1. The number of carbonyl (C=O) groups excluding carboxylic acids is 1. The molecular formula is C19H28O2. The number of Topliss-reactive ketones (excluding diaryl/α,β-unsaturated/α-hetero) is 1. The van der Waals surface area contributed by atoms with E-state index in [1.807, 2.05) is 0 Å². The molecule has 3 aliphatic carbocycles. The second kappa shape index (κ2) is 5.39. The van der Waals surface area contributed by atoms with Gasteiger partial charge in [0, 0.05) is 24.4 Å². The molecule has 2 saturated carbocycles. The molecular weight excluding hydrogens is 260 g/mol. The van der Waals surface area contributed by atoms with Crippen molar-refractivity contribution in [3.05, 3.63) is 23.8 Å². The van der Waals surface area contributed by atoms with Gasteiger partial charge in [-0.3, -0.25) is 4.79 Å². The molecule has 0 bridgehead atoms. The van der Waals surface area contributed by atoms with Gasteiger partial charge in [0.15, 0.2) is 0 Å². The van der Waals surface area contributed by atoms with Gasteiger partial charge in [-0.15, -0.1) is 0 Å². The van der Waals surface area contributed by atoms with E-state index in [0.29, 0.717) is 11.7 Å². The molecule has 2 nitrogen and oxygen atoms in total. The van der Waals surface area contributed by atoms with Crippen LogP contribution >= 0.6 is 0 Å². The van der Waals surface area contributed by atoms with E-state index < -0.39 is 0 Å². The molecule has 2 fully saturated rings. The van der Waals surface area contributed by atoms with Gasteiger partial charge in [-0.05, 0) is 49.9 Å². The number of carbonyl (C=O) groups is 1. The topological polar surface area (TPSA) is 37.3 Å². The number of hydrogen-bond acceptors (Lipinski definition) is 2. The van der Waals surface area contributed by atoms with Crippen LogP contribution < -0.4 is 0 Å². The number of ketones is 1. The van der Waals surface area contributed by atoms with E-state index in [4.69, 9.17) is 5.11 Å². The summed E-state index contributed by atoms with van der Waals surface area (Å²) in [5.41, 5.74) is 1.93. The van der Waals surface area contributed by atoms with E-state index >= 15 is 0 Å². The molecule has 0 saturated heterocycles. The lowest BCUT2D eigenvalue weighted by Gasteiger charge is -2.40. The monoisotopic (exact) mass is 288 g/mol. The Labute approximate surface area is 128 Å². The van der Waals surface area contributed by atoms with Gasteiger partial charge < -0.3 is 5.11 Å². The van der Waals surface area contributed by atoms with Crippen LogP contribution in [0.5, 0.6) is 0 Å². The molecule has 3 rings (SSSR count). The molecule has 3 aliphatic rings. The maximum atomic E-state index is 12.2. The van der Waals surface area contributed by atoms with Gasteiger partial charge in [0.05, 0.1) is 0 Å². The summed E-state index contributed by atoms with van der Waals surface area (Å²) in [5.74, 6) is 1.08. The SMILES string of the molecule is CC(CO)CC=CC1(C2=CC[C@H]3C(=O)CCC[C@@]23C)CC1. The van der Waals surface area contributed by atoms with Crippen molar-refractivity contribution in [1.29, 1.82) is 0 Å². The van der Waals surface area contributed by atoms with Crippen molar-refractivity contribution in [2.75, 3.05) is 6.61 Å². The Morgan fingerprint density at radius 3 is 2.86 bits per heavy atom. The molecule has 0 radical (unpaired) electrons. The first-order valence-electron chi connectivity index (χ1n) is 8.54. The molecule has 1 unspecified atom stereocenters. The third kappa shape index (κ3) is 2.52. The van der Waals surface area contributed by atoms with E-state index in [-0.39, 0.29) is 23.4 Å². The van der Waals surface area contributed by atoms with Crippen LogP contribution in [0.2, 0.25) is 0 Å². The summed E-state index contributed by atoms with van der Waals surface area (Å²) in [5, 5.41) is 9.13. The van der Waals surface area contributed by atoms with Crippen LogP contribution in [0.4, 0.5) is 0 Å². The Morgan fingerprint density at radius 1 is 1.43 bits per heavy atom. The van der Waals surface area contributed by atoms with Crippen LogP contribution in [0.25, 0.3) is 0 Å². The van der Waals surface area contributed by atoms with Gasteiger partial charge in [0.1, 0.15) is 5.78 Å². The smallest absolute Gasteiger partial charge is 0.137 e. The normalized spacial score (nSPS) is 35.7. The Bertz CT molecular complexity index is 484. The van der Waals surface area contributed by atoms with Crippen molar-refractivity contribution >= 4 is 5.78 Å². The van der Waals surface area contributed by atoms with Crippen molar-refractivity contribution in [1.82, 2.24) is 0 Å². The molecule has 1 N–H and O–H groups in total. The largest absolute Gasteiger partial charge is 0.396 e. The molecule has 3 atom stereocenters. The third-order valence-electron chi connectivity index (χ3n) is 6.06. The summed E-state index contributed by atoms with van der Waals surface area (Å²) >= 11 is 0. The number of rotatable bonds is 5. The summed E-state index contributed by atoms with van der Waals surface area (Å²) in [4.78, 5) is 12.2. The molecule has 0 aromatic rings. The average molecular weight is 288 g/mol. The highest BCUT2D eigenvalue weighted by atomic mass is 16.3. The molecule has 0 aromatic heterocycles. The Morgan fingerprint density at radius 2 is 2.19 bits per heavy atom. The minimum absolute atomic E-state index is 0.124. The van der Waals surface area contributed by atoms with Gasteiger partial charge in [-0.2, -0.15) is 0 Å². The zero-order valence-electron chi connectivity index (χ0n) is 13.4.